The number of amides is 1. The lowest BCUT2D eigenvalue weighted by Gasteiger charge is -2.04. The van der Waals surface area contributed by atoms with Gasteiger partial charge in [0, 0.05) is 11.9 Å². The van der Waals surface area contributed by atoms with Crippen molar-refractivity contribution in [3.05, 3.63) is 44.6 Å². The lowest BCUT2D eigenvalue weighted by Crippen LogP contribution is -2.10. The molecule has 1 heterocycles. The second-order valence-corrected chi connectivity index (χ2v) is 8.70. The third kappa shape index (κ3) is 3.47. The average molecular weight is 374 g/mol. The van der Waals surface area contributed by atoms with E-state index in [-0.39, 0.29) is 10.8 Å². The molecule has 0 bridgehead atoms. The molecule has 4 nitrogen and oxygen atoms in total. The standard InChI is InChI=1S/C13H12BrNO3S2/c1-8-7-11(19-12(8)14)13(16)15-9-3-5-10(6-4-9)20(2,17)18/h3-7H,1-2H3,(H,15,16). The Bertz CT molecular complexity index is 729. The van der Waals surface area contributed by atoms with E-state index in [1.165, 1.54) is 23.5 Å². The highest BCUT2D eigenvalue weighted by atomic mass is 79.9. The maximum absolute atomic E-state index is 12.0. The molecule has 0 fully saturated rings. The predicted octanol–water partition coefficient (Wildman–Crippen LogP) is 3.47. The summed E-state index contributed by atoms with van der Waals surface area (Å²) in [5.74, 6) is -0.212. The zero-order valence-corrected chi connectivity index (χ0v) is 14.0. The Hall–Kier alpha value is -1.18. The van der Waals surface area contributed by atoms with Crippen LogP contribution in [0.2, 0.25) is 0 Å². The molecule has 0 radical (unpaired) electrons. The molecule has 1 amide bonds. The van der Waals surface area contributed by atoms with Crippen LogP contribution < -0.4 is 5.32 Å². The molecule has 0 unspecified atom stereocenters. The number of nitrogens with one attached hydrogen (secondary N) is 1. The molecule has 0 atom stereocenters. The summed E-state index contributed by atoms with van der Waals surface area (Å²) in [7, 11) is -3.22. The first-order chi connectivity index (χ1) is 9.27. The fraction of sp³-hybridized carbons (Fsp3) is 0.154. The third-order valence-electron chi connectivity index (χ3n) is 2.62. The number of carbonyl (C=O) groups is 1. The molecule has 106 valence electrons. The highest BCUT2D eigenvalue weighted by molar-refractivity contribution is 9.11. The molecule has 0 saturated carbocycles. The van der Waals surface area contributed by atoms with Crippen LogP contribution in [0.4, 0.5) is 5.69 Å². The fourth-order valence-electron chi connectivity index (χ4n) is 1.55. The van der Waals surface area contributed by atoms with Crippen LogP contribution in [0, 0.1) is 6.92 Å². The van der Waals surface area contributed by atoms with Gasteiger partial charge in [-0.3, -0.25) is 4.79 Å². The summed E-state index contributed by atoms with van der Waals surface area (Å²) < 4.78 is 23.6. The van der Waals surface area contributed by atoms with Crippen LogP contribution in [0.25, 0.3) is 0 Å². The van der Waals surface area contributed by atoms with Crippen LogP contribution in [-0.2, 0) is 9.84 Å². The van der Waals surface area contributed by atoms with Gasteiger partial charge in [0.05, 0.1) is 13.6 Å². The van der Waals surface area contributed by atoms with Crippen LogP contribution in [-0.4, -0.2) is 20.6 Å². The number of benzene rings is 1. The van der Waals surface area contributed by atoms with Gasteiger partial charge in [0.2, 0.25) is 0 Å². The molecule has 7 heteroatoms. The molecule has 0 aliphatic heterocycles. The van der Waals surface area contributed by atoms with Crippen molar-refractivity contribution in [2.45, 2.75) is 11.8 Å². The Morgan fingerprint density at radius 2 is 1.85 bits per heavy atom. The van der Waals surface area contributed by atoms with E-state index < -0.39 is 9.84 Å². The van der Waals surface area contributed by atoms with E-state index in [1.807, 2.05) is 6.92 Å². The zero-order chi connectivity index (χ0) is 14.9. The lowest BCUT2D eigenvalue weighted by molar-refractivity contribution is 0.103. The number of thiophene rings is 1. The molecule has 2 rings (SSSR count). The number of halogens is 1. The van der Waals surface area contributed by atoms with E-state index in [0.29, 0.717) is 10.6 Å². The number of aryl methyl sites for hydroxylation is 1. The first kappa shape index (κ1) is 15.2. The van der Waals surface area contributed by atoms with E-state index in [2.05, 4.69) is 21.2 Å². The summed E-state index contributed by atoms with van der Waals surface area (Å²) in [6.45, 7) is 1.91. The molecule has 0 aliphatic rings. The molecule has 1 aromatic carbocycles. The van der Waals surface area contributed by atoms with E-state index in [1.54, 1.807) is 18.2 Å². The first-order valence-corrected chi connectivity index (χ1v) is 9.15. The second kappa shape index (κ2) is 5.67. The normalized spacial score (nSPS) is 11.3. The molecule has 2 aromatic rings. The fourth-order valence-corrected chi connectivity index (χ4v) is 3.61. The number of hydrogen-bond donors (Lipinski definition) is 1. The minimum absolute atomic E-state index is 0.212. The van der Waals surface area contributed by atoms with Crippen molar-refractivity contribution in [2.24, 2.45) is 0 Å². The SMILES string of the molecule is Cc1cc(C(=O)Nc2ccc(S(C)(=O)=O)cc2)sc1Br. The molecular weight excluding hydrogens is 362 g/mol. The van der Waals surface area contributed by atoms with E-state index in [0.717, 1.165) is 15.6 Å². The Morgan fingerprint density at radius 3 is 2.30 bits per heavy atom. The van der Waals surface area contributed by atoms with Crippen molar-refractivity contribution >= 4 is 48.7 Å². The maximum Gasteiger partial charge on any atom is 0.265 e. The molecule has 0 spiro atoms. The van der Waals surface area contributed by atoms with Gasteiger partial charge in [-0.05, 0) is 58.7 Å². The van der Waals surface area contributed by atoms with Crippen LogP contribution in [0.3, 0.4) is 0 Å². The van der Waals surface area contributed by atoms with Crippen molar-refractivity contribution in [1.82, 2.24) is 0 Å². The van der Waals surface area contributed by atoms with Crippen LogP contribution in [0.1, 0.15) is 15.2 Å². The van der Waals surface area contributed by atoms with Crippen molar-refractivity contribution < 1.29 is 13.2 Å². The Labute approximate surface area is 129 Å². The van der Waals surface area contributed by atoms with E-state index >= 15 is 0 Å². The minimum Gasteiger partial charge on any atom is -0.321 e. The number of sulfone groups is 1. The predicted molar refractivity (Wildman–Crippen MR) is 84.3 cm³/mol. The quantitative estimate of drug-likeness (QED) is 0.895. The molecule has 0 saturated heterocycles. The Kier molecular flexibility index (Phi) is 4.31. The summed E-state index contributed by atoms with van der Waals surface area (Å²) in [5, 5.41) is 2.73. The summed E-state index contributed by atoms with van der Waals surface area (Å²) in [4.78, 5) is 12.8. The van der Waals surface area contributed by atoms with Crippen molar-refractivity contribution in [2.75, 3.05) is 11.6 Å². The van der Waals surface area contributed by atoms with Gasteiger partial charge in [-0.1, -0.05) is 0 Å². The second-order valence-electron chi connectivity index (χ2n) is 4.32. The van der Waals surface area contributed by atoms with E-state index in [9.17, 15) is 13.2 Å². The van der Waals surface area contributed by atoms with Crippen molar-refractivity contribution in [1.29, 1.82) is 0 Å². The van der Waals surface area contributed by atoms with Gasteiger partial charge < -0.3 is 5.32 Å². The van der Waals surface area contributed by atoms with Gasteiger partial charge in [0.1, 0.15) is 0 Å². The largest absolute Gasteiger partial charge is 0.321 e. The topological polar surface area (TPSA) is 63.2 Å². The summed E-state index contributed by atoms with van der Waals surface area (Å²) in [5.41, 5.74) is 1.57. The van der Waals surface area contributed by atoms with Crippen LogP contribution >= 0.6 is 27.3 Å². The Balaban J connectivity index is 2.16. The molecular formula is C13H12BrNO3S2. The molecule has 1 N–H and O–H groups in total. The van der Waals surface area contributed by atoms with Gasteiger partial charge in [-0.2, -0.15) is 0 Å². The summed E-state index contributed by atoms with van der Waals surface area (Å²) >= 11 is 4.73. The van der Waals surface area contributed by atoms with Crippen molar-refractivity contribution in [3.63, 3.8) is 0 Å². The minimum atomic E-state index is -3.22. The van der Waals surface area contributed by atoms with Gasteiger partial charge in [0.25, 0.3) is 5.91 Å². The highest BCUT2D eigenvalue weighted by Crippen LogP contribution is 2.28. The van der Waals surface area contributed by atoms with Gasteiger partial charge >= 0.3 is 0 Å². The van der Waals surface area contributed by atoms with Crippen LogP contribution in [0.5, 0.6) is 0 Å². The van der Waals surface area contributed by atoms with E-state index in [4.69, 9.17) is 0 Å². The monoisotopic (exact) mass is 373 g/mol. The number of carbonyl (C=O) groups excluding carboxylic acids is 1. The molecule has 1 aromatic heterocycles. The lowest BCUT2D eigenvalue weighted by atomic mass is 10.3. The molecule has 0 aliphatic carbocycles. The average Bonchev–Trinajstić information content (AvgIpc) is 2.69. The third-order valence-corrected chi connectivity index (χ3v) is 5.89. The van der Waals surface area contributed by atoms with Crippen molar-refractivity contribution in [3.8, 4) is 0 Å². The summed E-state index contributed by atoms with van der Waals surface area (Å²) in [6, 6.07) is 7.89. The summed E-state index contributed by atoms with van der Waals surface area (Å²) in [6.07, 6.45) is 1.15. The van der Waals surface area contributed by atoms with Crippen LogP contribution in [0.15, 0.2) is 39.0 Å². The number of anilines is 1. The number of rotatable bonds is 3. The highest BCUT2D eigenvalue weighted by Gasteiger charge is 2.12. The first-order valence-electron chi connectivity index (χ1n) is 5.65. The molecule has 20 heavy (non-hydrogen) atoms. The maximum atomic E-state index is 12.0. The number of hydrogen-bond acceptors (Lipinski definition) is 4. The van der Waals surface area contributed by atoms with Gasteiger partial charge in [-0.25, -0.2) is 8.42 Å². The Morgan fingerprint density at radius 1 is 1.25 bits per heavy atom. The smallest absolute Gasteiger partial charge is 0.265 e. The zero-order valence-electron chi connectivity index (χ0n) is 10.8. The van der Waals surface area contributed by atoms with Gasteiger partial charge in [0.15, 0.2) is 9.84 Å². The van der Waals surface area contributed by atoms with Gasteiger partial charge in [-0.15, -0.1) is 11.3 Å².